The summed E-state index contributed by atoms with van der Waals surface area (Å²) >= 11 is 1.07. The van der Waals surface area contributed by atoms with Crippen molar-refractivity contribution >= 4 is 27.5 Å². The van der Waals surface area contributed by atoms with Crippen LogP contribution in [0.3, 0.4) is 0 Å². The number of aromatic nitrogens is 2. The molecule has 0 unspecified atom stereocenters. The minimum atomic E-state index is -0.992. The molecule has 0 aliphatic rings. The zero-order valence-electron chi connectivity index (χ0n) is 9.53. The fraction of sp³-hybridized carbons (Fsp3) is 0.364. The lowest BCUT2D eigenvalue weighted by molar-refractivity contribution is 0.0701. The Bertz CT molecular complexity index is 642. The van der Waals surface area contributed by atoms with Crippen molar-refractivity contribution in [2.24, 2.45) is 0 Å². The van der Waals surface area contributed by atoms with Crippen LogP contribution in [-0.4, -0.2) is 21.0 Å². The minimum absolute atomic E-state index is 0.227. The van der Waals surface area contributed by atoms with Crippen LogP contribution < -0.4 is 5.56 Å². The van der Waals surface area contributed by atoms with Gasteiger partial charge >= 0.3 is 5.97 Å². The molecular formula is C11H12N2O3S. The third kappa shape index (κ3) is 1.95. The van der Waals surface area contributed by atoms with Crippen LogP contribution in [0.25, 0.3) is 10.2 Å². The molecule has 0 aromatic carbocycles. The Morgan fingerprint density at radius 1 is 1.53 bits per heavy atom. The number of hydrogen-bond donors (Lipinski definition) is 2. The number of aromatic amines is 1. The molecule has 0 aliphatic heterocycles. The normalized spacial score (nSPS) is 10.9. The van der Waals surface area contributed by atoms with Crippen molar-refractivity contribution in [2.45, 2.75) is 26.7 Å². The first kappa shape index (κ1) is 11.8. The van der Waals surface area contributed by atoms with E-state index in [1.807, 2.05) is 6.92 Å². The molecule has 0 fully saturated rings. The molecule has 0 saturated carbocycles. The van der Waals surface area contributed by atoms with E-state index in [0.29, 0.717) is 28.0 Å². The lowest BCUT2D eigenvalue weighted by Crippen LogP contribution is -2.10. The van der Waals surface area contributed by atoms with Gasteiger partial charge in [0.2, 0.25) is 0 Å². The van der Waals surface area contributed by atoms with Crippen LogP contribution in [0.2, 0.25) is 0 Å². The van der Waals surface area contributed by atoms with Gasteiger partial charge in [-0.25, -0.2) is 9.78 Å². The maximum atomic E-state index is 11.8. The molecule has 6 heteroatoms. The topological polar surface area (TPSA) is 83.0 Å². The van der Waals surface area contributed by atoms with Gasteiger partial charge in [0.1, 0.15) is 15.5 Å². The van der Waals surface area contributed by atoms with Crippen LogP contribution in [0.5, 0.6) is 0 Å². The minimum Gasteiger partial charge on any atom is -0.477 e. The molecule has 17 heavy (non-hydrogen) atoms. The lowest BCUT2D eigenvalue weighted by atomic mass is 10.1. The fourth-order valence-electron chi connectivity index (χ4n) is 1.83. The summed E-state index contributed by atoms with van der Waals surface area (Å²) in [6.07, 6.45) is 1.37. The number of nitrogens with one attached hydrogen (secondary N) is 1. The second-order valence-electron chi connectivity index (χ2n) is 3.80. The molecule has 2 heterocycles. The Balaban J connectivity index is 2.85. The molecule has 0 amide bonds. The number of hydrogen-bond acceptors (Lipinski definition) is 4. The number of aryl methyl sites for hydroxylation is 2. The monoisotopic (exact) mass is 252 g/mol. The molecule has 2 rings (SSSR count). The number of thiophene rings is 1. The summed E-state index contributed by atoms with van der Waals surface area (Å²) < 4.78 is 0. The van der Waals surface area contributed by atoms with Crippen molar-refractivity contribution in [1.82, 2.24) is 9.97 Å². The molecule has 2 N–H and O–H groups in total. The third-order valence-corrected chi connectivity index (χ3v) is 3.59. The van der Waals surface area contributed by atoms with Crippen molar-refractivity contribution in [3.05, 3.63) is 26.6 Å². The van der Waals surface area contributed by atoms with Crippen molar-refractivity contribution in [3.8, 4) is 0 Å². The lowest BCUT2D eigenvalue weighted by Gasteiger charge is -1.98. The first-order valence-electron chi connectivity index (χ1n) is 5.30. The average molecular weight is 252 g/mol. The molecule has 0 radical (unpaired) electrons. The van der Waals surface area contributed by atoms with E-state index in [2.05, 4.69) is 9.97 Å². The molecule has 0 atom stereocenters. The van der Waals surface area contributed by atoms with Crippen molar-refractivity contribution in [1.29, 1.82) is 0 Å². The zero-order valence-corrected chi connectivity index (χ0v) is 10.3. The number of carboxylic acids is 1. The van der Waals surface area contributed by atoms with E-state index in [-0.39, 0.29) is 10.4 Å². The number of nitrogens with zero attached hydrogens (tertiary/aromatic N) is 1. The van der Waals surface area contributed by atoms with Crippen LogP contribution in [-0.2, 0) is 6.42 Å². The van der Waals surface area contributed by atoms with E-state index in [1.54, 1.807) is 6.92 Å². The first-order valence-corrected chi connectivity index (χ1v) is 6.11. The highest BCUT2D eigenvalue weighted by molar-refractivity contribution is 7.20. The van der Waals surface area contributed by atoms with Crippen LogP contribution in [0.4, 0.5) is 0 Å². The van der Waals surface area contributed by atoms with Gasteiger partial charge in [-0.15, -0.1) is 11.3 Å². The van der Waals surface area contributed by atoms with E-state index in [1.165, 1.54) is 0 Å². The predicted molar refractivity (Wildman–Crippen MR) is 65.9 cm³/mol. The van der Waals surface area contributed by atoms with Gasteiger partial charge < -0.3 is 10.1 Å². The summed E-state index contributed by atoms with van der Waals surface area (Å²) in [4.78, 5) is 30.5. The van der Waals surface area contributed by atoms with Gasteiger partial charge in [-0.1, -0.05) is 13.3 Å². The largest absolute Gasteiger partial charge is 0.477 e. The number of aromatic carboxylic acids is 1. The van der Waals surface area contributed by atoms with E-state index in [4.69, 9.17) is 5.11 Å². The van der Waals surface area contributed by atoms with E-state index in [9.17, 15) is 9.59 Å². The summed E-state index contributed by atoms with van der Waals surface area (Å²) in [6.45, 7) is 3.63. The van der Waals surface area contributed by atoms with Gasteiger partial charge in [0.25, 0.3) is 5.56 Å². The Morgan fingerprint density at radius 2 is 2.24 bits per heavy atom. The molecule has 2 aromatic heterocycles. The van der Waals surface area contributed by atoms with Crippen LogP contribution in [0.1, 0.15) is 34.4 Å². The van der Waals surface area contributed by atoms with E-state index in [0.717, 1.165) is 17.8 Å². The molecule has 5 nitrogen and oxygen atoms in total. The summed E-state index contributed by atoms with van der Waals surface area (Å²) in [7, 11) is 0. The quantitative estimate of drug-likeness (QED) is 0.874. The second-order valence-corrected chi connectivity index (χ2v) is 4.80. The predicted octanol–water partition coefficient (Wildman–Crippen LogP) is 1.94. The highest BCUT2D eigenvalue weighted by atomic mass is 32.1. The molecule has 0 bridgehead atoms. The average Bonchev–Trinajstić information content (AvgIpc) is 2.57. The van der Waals surface area contributed by atoms with Gasteiger partial charge in [0.05, 0.1) is 5.39 Å². The maximum Gasteiger partial charge on any atom is 0.346 e. The summed E-state index contributed by atoms with van der Waals surface area (Å²) in [6, 6.07) is 0. The van der Waals surface area contributed by atoms with Gasteiger partial charge in [-0.05, 0) is 18.9 Å². The van der Waals surface area contributed by atoms with Crippen molar-refractivity contribution in [2.75, 3.05) is 0 Å². The number of fused-ring (bicyclic) bond motifs is 1. The Morgan fingerprint density at radius 3 is 2.82 bits per heavy atom. The molecule has 0 aliphatic carbocycles. The zero-order chi connectivity index (χ0) is 12.6. The third-order valence-electron chi connectivity index (χ3n) is 2.47. The summed E-state index contributed by atoms with van der Waals surface area (Å²) in [5, 5.41) is 9.55. The second kappa shape index (κ2) is 4.29. The smallest absolute Gasteiger partial charge is 0.346 e. The molecule has 90 valence electrons. The summed E-state index contributed by atoms with van der Waals surface area (Å²) in [5.74, 6) is -0.489. The molecule has 2 aromatic rings. The number of H-pyrrole nitrogens is 1. The Labute approximate surface area is 101 Å². The number of carbonyl (C=O) groups is 1. The Hall–Kier alpha value is -1.69. The molecule has 0 spiro atoms. The Kier molecular flexibility index (Phi) is 2.97. The van der Waals surface area contributed by atoms with Crippen molar-refractivity contribution < 1.29 is 9.90 Å². The number of carboxylic acid groups (broad SMARTS) is 1. The van der Waals surface area contributed by atoms with Crippen LogP contribution >= 0.6 is 11.3 Å². The summed E-state index contributed by atoms with van der Waals surface area (Å²) in [5.41, 5.74) is 0.355. The maximum absolute atomic E-state index is 11.8. The van der Waals surface area contributed by atoms with Crippen LogP contribution in [0, 0.1) is 6.92 Å². The SMILES string of the molecule is CCCc1c(C(=O)O)sc2nc(C)[nH]c(=O)c12. The first-order chi connectivity index (χ1) is 8.04. The van der Waals surface area contributed by atoms with Crippen molar-refractivity contribution in [3.63, 3.8) is 0 Å². The van der Waals surface area contributed by atoms with Gasteiger partial charge in [0, 0.05) is 0 Å². The highest BCUT2D eigenvalue weighted by Crippen LogP contribution is 2.28. The van der Waals surface area contributed by atoms with Gasteiger partial charge in [0.15, 0.2) is 0 Å². The van der Waals surface area contributed by atoms with Gasteiger partial charge in [-0.2, -0.15) is 0 Å². The number of rotatable bonds is 3. The van der Waals surface area contributed by atoms with E-state index >= 15 is 0 Å². The standard InChI is InChI=1S/C11H12N2O3S/c1-3-4-6-7-9(14)12-5(2)13-10(7)17-8(6)11(15)16/h3-4H2,1-2H3,(H,15,16)(H,12,13,14). The van der Waals surface area contributed by atoms with Crippen LogP contribution in [0.15, 0.2) is 4.79 Å². The fourth-order valence-corrected chi connectivity index (χ4v) is 2.94. The molecule has 0 saturated heterocycles. The highest BCUT2D eigenvalue weighted by Gasteiger charge is 2.20. The van der Waals surface area contributed by atoms with Gasteiger partial charge in [-0.3, -0.25) is 4.79 Å². The van der Waals surface area contributed by atoms with E-state index < -0.39 is 5.97 Å². The molecular weight excluding hydrogens is 240 g/mol.